The van der Waals surface area contributed by atoms with Crippen molar-refractivity contribution in [3.8, 4) is 11.5 Å². The zero-order valence-corrected chi connectivity index (χ0v) is 13.4. The Kier molecular flexibility index (Phi) is 5.88. The van der Waals surface area contributed by atoms with Crippen LogP contribution in [0.5, 0.6) is 11.5 Å². The summed E-state index contributed by atoms with van der Waals surface area (Å²) >= 11 is 5.77. The van der Waals surface area contributed by atoms with Gasteiger partial charge < -0.3 is 9.47 Å². The number of hydrazine groups is 1. The maximum absolute atomic E-state index is 11.7. The Labute approximate surface area is 139 Å². The van der Waals surface area contributed by atoms with Crippen LogP contribution in [0.1, 0.15) is 5.56 Å². The summed E-state index contributed by atoms with van der Waals surface area (Å²) in [6.07, 6.45) is 0. The summed E-state index contributed by atoms with van der Waals surface area (Å²) in [5.41, 5.74) is 6.67. The van der Waals surface area contributed by atoms with Crippen molar-refractivity contribution in [3.05, 3.63) is 65.7 Å². The van der Waals surface area contributed by atoms with E-state index in [4.69, 9.17) is 21.1 Å². The van der Waals surface area contributed by atoms with Crippen LogP contribution in [-0.2, 0) is 4.79 Å². The van der Waals surface area contributed by atoms with E-state index in [2.05, 4.69) is 17.4 Å². The molecule has 5 nitrogen and oxygen atoms in total. The van der Waals surface area contributed by atoms with Gasteiger partial charge in [-0.1, -0.05) is 18.2 Å². The Morgan fingerprint density at radius 3 is 2.26 bits per heavy atom. The highest BCUT2D eigenvalue weighted by Gasteiger charge is 2.04. The molecule has 2 rings (SSSR count). The number of carbonyl (C=O) groups is 1. The third-order valence-electron chi connectivity index (χ3n) is 2.97. The lowest BCUT2D eigenvalue weighted by Gasteiger charge is -2.12. The van der Waals surface area contributed by atoms with Crippen LogP contribution < -0.4 is 20.3 Å². The molecule has 0 bridgehead atoms. The average Bonchev–Trinajstić information content (AvgIpc) is 2.59. The highest BCUT2D eigenvalue weighted by atomic mass is 35.5. The van der Waals surface area contributed by atoms with Gasteiger partial charge in [-0.05, 0) is 54.1 Å². The van der Waals surface area contributed by atoms with Gasteiger partial charge in [0.05, 0.1) is 12.8 Å². The molecule has 0 aromatic heterocycles. The Balaban J connectivity index is 1.76. The van der Waals surface area contributed by atoms with Gasteiger partial charge in [-0.2, -0.15) is 0 Å². The third-order valence-corrected chi connectivity index (χ3v) is 3.23. The Bertz CT molecular complexity index is 669. The maximum atomic E-state index is 11.7. The first-order valence-electron chi connectivity index (χ1n) is 6.85. The minimum absolute atomic E-state index is 0.121. The number of nitrogens with one attached hydrogen (secondary N) is 2. The molecule has 2 aromatic rings. The summed E-state index contributed by atoms with van der Waals surface area (Å²) in [4.78, 5) is 11.7. The zero-order chi connectivity index (χ0) is 16.7. The molecule has 0 aliphatic heterocycles. The lowest BCUT2D eigenvalue weighted by atomic mass is 10.2. The summed E-state index contributed by atoms with van der Waals surface area (Å²) in [5.74, 6) is 0.995. The Hall–Kier alpha value is -2.66. The summed E-state index contributed by atoms with van der Waals surface area (Å²) in [5, 5.41) is 0.610. The minimum Gasteiger partial charge on any atom is -0.497 e. The lowest BCUT2D eigenvalue weighted by Crippen LogP contribution is -2.38. The third kappa shape index (κ3) is 5.23. The Morgan fingerprint density at radius 2 is 1.65 bits per heavy atom. The van der Waals surface area contributed by atoms with Gasteiger partial charge in [-0.25, -0.2) is 0 Å². The van der Waals surface area contributed by atoms with Gasteiger partial charge in [-0.3, -0.25) is 15.6 Å². The summed E-state index contributed by atoms with van der Waals surface area (Å²) in [7, 11) is 1.60. The molecule has 0 atom stereocenters. The fourth-order valence-electron chi connectivity index (χ4n) is 1.73. The van der Waals surface area contributed by atoms with E-state index in [-0.39, 0.29) is 12.5 Å². The predicted molar refractivity (Wildman–Crippen MR) is 90.3 cm³/mol. The van der Waals surface area contributed by atoms with Crippen LogP contribution in [0, 0.1) is 0 Å². The fourth-order valence-corrected chi connectivity index (χ4v) is 1.85. The van der Waals surface area contributed by atoms with Gasteiger partial charge in [0, 0.05) is 5.02 Å². The fraction of sp³-hybridized carbons (Fsp3) is 0.118. The molecular formula is C17H17ClN2O3. The molecule has 23 heavy (non-hydrogen) atoms. The standard InChI is InChI=1S/C17H17ClN2O3/c1-12(13-3-7-15(22-2)8-4-13)19-20-17(21)11-23-16-9-5-14(18)6-10-16/h3-10,19H,1,11H2,2H3,(H,20,21). The maximum Gasteiger partial charge on any atom is 0.276 e. The quantitative estimate of drug-likeness (QED) is 0.765. The average molecular weight is 333 g/mol. The van der Waals surface area contributed by atoms with E-state index in [0.717, 1.165) is 11.3 Å². The molecule has 0 heterocycles. The van der Waals surface area contributed by atoms with Crippen LogP contribution in [0.4, 0.5) is 0 Å². The topological polar surface area (TPSA) is 59.6 Å². The number of ether oxygens (including phenoxy) is 2. The predicted octanol–water partition coefficient (Wildman–Crippen LogP) is 3.02. The van der Waals surface area contributed by atoms with Crippen LogP contribution in [0.15, 0.2) is 55.1 Å². The van der Waals surface area contributed by atoms with E-state index < -0.39 is 0 Å². The number of hydrogen-bond acceptors (Lipinski definition) is 4. The largest absolute Gasteiger partial charge is 0.497 e. The second-order valence-corrected chi connectivity index (χ2v) is 5.06. The number of methoxy groups -OCH3 is 1. The molecule has 2 aromatic carbocycles. The lowest BCUT2D eigenvalue weighted by molar-refractivity contribution is -0.123. The van der Waals surface area contributed by atoms with E-state index in [9.17, 15) is 4.79 Å². The normalized spacial score (nSPS) is 9.83. The van der Waals surface area contributed by atoms with Crippen molar-refractivity contribution >= 4 is 23.2 Å². The second kappa shape index (κ2) is 8.10. The first-order valence-corrected chi connectivity index (χ1v) is 7.23. The Morgan fingerprint density at radius 1 is 1.04 bits per heavy atom. The van der Waals surface area contributed by atoms with Gasteiger partial charge in [0.2, 0.25) is 0 Å². The van der Waals surface area contributed by atoms with Crippen molar-refractivity contribution in [2.45, 2.75) is 0 Å². The summed E-state index contributed by atoms with van der Waals surface area (Å²) < 4.78 is 10.4. The highest BCUT2D eigenvalue weighted by Crippen LogP contribution is 2.16. The smallest absolute Gasteiger partial charge is 0.276 e. The number of benzene rings is 2. The first-order chi connectivity index (χ1) is 11.1. The van der Waals surface area contributed by atoms with Gasteiger partial charge >= 0.3 is 0 Å². The molecule has 0 fully saturated rings. The van der Waals surface area contributed by atoms with Crippen molar-refractivity contribution in [2.75, 3.05) is 13.7 Å². The number of carbonyl (C=O) groups excluding carboxylic acids is 1. The summed E-state index contributed by atoms with van der Waals surface area (Å²) in [6, 6.07) is 14.1. The SMILES string of the molecule is C=C(NNC(=O)COc1ccc(Cl)cc1)c1ccc(OC)cc1. The second-order valence-electron chi connectivity index (χ2n) is 4.62. The van der Waals surface area contributed by atoms with E-state index >= 15 is 0 Å². The molecular weight excluding hydrogens is 316 g/mol. The number of rotatable bonds is 7. The molecule has 0 aliphatic rings. The van der Waals surface area contributed by atoms with E-state index in [1.807, 2.05) is 24.3 Å². The summed E-state index contributed by atoms with van der Waals surface area (Å²) in [6.45, 7) is 3.74. The van der Waals surface area contributed by atoms with Crippen molar-refractivity contribution in [1.29, 1.82) is 0 Å². The molecule has 2 N–H and O–H groups in total. The van der Waals surface area contributed by atoms with Crippen molar-refractivity contribution < 1.29 is 14.3 Å². The van der Waals surface area contributed by atoms with Gasteiger partial charge in [0.15, 0.2) is 6.61 Å². The molecule has 0 aliphatic carbocycles. The molecule has 1 amide bonds. The van der Waals surface area contributed by atoms with Crippen molar-refractivity contribution in [3.63, 3.8) is 0 Å². The molecule has 0 saturated carbocycles. The molecule has 6 heteroatoms. The molecule has 120 valence electrons. The first kappa shape index (κ1) is 16.7. The number of halogens is 1. The molecule has 0 radical (unpaired) electrons. The van der Waals surface area contributed by atoms with Gasteiger partial charge in [0.1, 0.15) is 11.5 Å². The van der Waals surface area contributed by atoms with Crippen LogP contribution in [0.2, 0.25) is 5.02 Å². The monoisotopic (exact) mass is 332 g/mol. The van der Waals surface area contributed by atoms with E-state index in [1.165, 1.54) is 0 Å². The van der Waals surface area contributed by atoms with Crippen LogP contribution in [0.3, 0.4) is 0 Å². The minimum atomic E-state index is -0.324. The molecule has 0 unspecified atom stereocenters. The van der Waals surface area contributed by atoms with E-state index in [0.29, 0.717) is 16.5 Å². The molecule has 0 saturated heterocycles. The molecule has 0 spiro atoms. The van der Waals surface area contributed by atoms with Crippen LogP contribution in [-0.4, -0.2) is 19.6 Å². The van der Waals surface area contributed by atoms with Gasteiger partial charge in [-0.15, -0.1) is 0 Å². The van der Waals surface area contributed by atoms with Gasteiger partial charge in [0.25, 0.3) is 5.91 Å². The van der Waals surface area contributed by atoms with Crippen molar-refractivity contribution in [2.24, 2.45) is 0 Å². The van der Waals surface area contributed by atoms with Crippen LogP contribution >= 0.6 is 11.6 Å². The number of hydrogen-bond donors (Lipinski definition) is 2. The zero-order valence-electron chi connectivity index (χ0n) is 12.6. The highest BCUT2D eigenvalue weighted by molar-refractivity contribution is 6.30. The van der Waals surface area contributed by atoms with E-state index in [1.54, 1.807) is 31.4 Å². The van der Waals surface area contributed by atoms with Crippen LogP contribution in [0.25, 0.3) is 5.70 Å². The van der Waals surface area contributed by atoms with Crippen molar-refractivity contribution in [1.82, 2.24) is 10.9 Å². The number of amides is 1.